The van der Waals surface area contributed by atoms with Crippen LogP contribution < -0.4 is 0 Å². The summed E-state index contributed by atoms with van der Waals surface area (Å²) in [4.78, 5) is 29.9. The van der Waals surface area contributed by atoms with Crippen LogP contribution in [0.15, 0.2) is 5.38 Å². The van der Waals surface area contributed by atoms with Crippen LogP contribution in [-0.4, -0.2) is 41.5 Å². The van der Waals surface area contributed by atoms with Crippen LogP contribution in [0.5, 0.6) is 0 Å². The Morgan fingerprint density at radius 2 is 2.37 bits per heavy atom. The summed E-state index contributed by atoms with van der Waals surface area (Å²) in [6.07, 6.45) is 1.62. The van der Waals surface area contributed by atoms with E-state index < -0.39 is 0 Å². The molecule has 2 heterocycles. The molecule has 19 heavy (non-hydrogen) atoms. The van der Waals surface area contributed by atoms with Gasteiger partial charge in [0.25, 0.3) is 5.91 Å². The molecule has 0 aliphatic carbocycles. The van der Waals surface area contributed by atoms with Crippen molar-refractivity contribution in [1.29, 1.82) is 0 Å². The maximum Gasteiger partial charge on any atom is 0.310 e. The average molecular weight is 282 g/mol. The maximum absolute atomic E-state index is 12.3. The Labute approximate surface area is 116 Å². The number of piperidine rings is 1. The van der Waals surface area contributed by atoms with E-state index in [9.17, 15) is 9.59 Å². The van der Waals surface area contributed by atoms with Crippen molar-refractivity contribution in [3.8, 4) is 0 Å². The molecule has 1 aliphatic rings. The molecule has 1 saturated heterocycles. The van der Waals surface area contributed by atoms with Gasteiger partial charge in [0.1, 0.15) is 5.69 Å². The number of aryl methyl sites for hydroxylation is 1. The van der Waals surface area contributed by atoms with Crippen molar-refractivity contribution >= 4 is 23.2 Å². The van der Waals surface area contributed by atoms with Crippen molar-refractivity contribution in [2.24, 2.45) is 5.92 Å². The van der Waals surface area contributed by atoms with Gasteiger partial charge in [-0.3, -0.25) is 9.59 Å². The number of hydrogen-bond donors (Lipinski definition) is 0. The fourth-order valence-electron chi connectivity index (χ4n) is 2.24. The summed E-state index contributed by atoms with van der Waals surface area (Å²) >= 11 is 1.46. The van der Waals surface area contributed by atoms with E-state index in [2.05, 4.69) is 4.98 Å². The van der Waals surface area contributed by atoms with Gasteiger partial charge in [0, 0.05) is 18.5 Å². The predicted octanol–water partition coefficient (Wildman–Crippen LogP) is 1.87. The molecule has 0 aromatic carbocycles. The van der Waals surface area contributed by atoms with Crippen molar-refractivity contribution in [3.05, 3.63) is 16.1 Å². The molecule has 2 rings (SSSR count). The van der Waals surface area contributed by atoms with Gasteiger partial charge in [-0.15, -0.1) is 11.3 Å². The lowest BCUT2D eigenvalue weighted by Crippen LogP contribution is -2.42. The lowest BCUT2D eigenvalue weighted by Gasteiger charge is -2.31. The Kier molecular flexibility index (Phi) is 4.52. The van der Waals surface area contributed by atoms with Crippen molar-refractivity contribution in [3.63, 3.8) is 0 Å². The Morgan fingerprint density at radius 1 is 1.58 bits per heavy atom. The molecule has 0 N–H and O–H groups in total. The van der Waals surface area contributed by atoms with Gasteiger partial charge in [-0.1, -0.05) is 0 Å². The second-order valence-corrected chi connectivity index (χ2v) is 5.66. The number of aromatic nitrogens is 1. The zero-order valence-electron chi connectivity index (χ0n) is 11.2. The molecule has 1 aromatic rings. The van der Waals surface area contributed by atoms with Crippen molar-refractivity contribution in [2.45, 2.75) is 26.7 Å². The molecule has 0 unspecified atom stereocenters. The quantitative estimate of drug-likeness (QED) is 0.794. The van der Waals surface area contributed by atoms with E-state index in [4.69, 9.17) is 4.74 Å². The van der Waals surface area contributed by atoms with Gasteiger partial charge in [-0.05, 0) is 26.7 Å². The Bertz CT molecular complexity index is 472. The van der Waals surface area contributed by atoms with Crippen LogP contribution in [0.3, 0.4) is 0 Å². The number of ether oxygens (including phenoxy) is 1. The smallest absolute Gasteiger partial charge is 0.310 e. The molecule has 6 heteroatoms. The zero-order chi connectivity index (χ0) is 13.8. The molecular formula is C13H18N2O3S. The number of thiazole rings is 1. The van der Waals surface area contributed by atoms with E-state index in [0.29, 0.717) is 25.4 Å². The Hall–Kier alpha value is -1.43. The molecule has 0 saturated carbocycles. The van der Waals surface area contributed by atoms with Crippen LogP contribution in [0, 0.1) is 12.8 Å². The lowest BCUT2D eigenvalue weighted by molar-refractivity contribution is -0.149. The number of amides is 1. The standard InChI is InChI=1S/C13H18N2O3S/c1-3-18-13(17)10-5-4-6-15(7-10)12(16)11-8-19-9(2)14-11/h8,10H,3-7H2,1-2H3/t10-/m1/s1. The summed E-state index contributed by atoms with van der Waals surface area (Å²) in [6, 6.07) is 0. The van der Waals surface area contributed by atoms with Crippen LogP contribution in [0.4, 0.5) is 0 Å². The topological polar surface area (TPSA) is 59.5 Å². The summed E-state index contributed by atoms with van der Waals surface area (Å²) in [5.74, 6) is -0.481. The summed E-state index contributed by atoms with van der Waals surface area (Å²) in [5.41, 5.74) is 0.479. The van der Waals surface area contributed by atoms with Gasteiger partial charge >= 0.3 is 5.97 Å². The minimum Gasteiger partial charge on any atom is -0.466 e. The van der Waals surface area contributed by atoms with Gasteiger partial charge in [0.2, 0.25) is 0 Å². The van der Waals surface area contributed by atoms with Gasteiger partial charge in [0.15, 0.2) is 0 Å². The molecule has 1 aromatic heterocycles. The summed E-state index contributed by atoms with van der Waals surface area (Å²) in [7, 11) is 0. The van der Waals surface area contributed by atoms with Gasteiger partial charge < -0.3 is 9.64 Å². The number of carbonyl (C=O) groups excluding carboxylic acids is 2. The highest BCUT2D eigenvalue weighted by Crippen LogP contribution is 2.20. The van der Waals surface area contributed by atoms with Crippen LogP contribution in [0.25, 0.3) is 0 Å². The fourth-order valence-corrected chi connectivity index (χ4v) is 2.82. The summed E-state index contributed by atoms with van der Waals surface area (Å²) in [6.45, 7) is 5.18. The number of esters is 1. The first kappa shape index (κ1) is 14.0. The third kappa shape index (κ3) is 3.32. The largest absolute Gasteiger partial charge is 0.466 e. The Balaban J connectivity index is 2.01. The van der Waals surface area contributed by atoms with Gasteiger partial charge in [-0.2, -0.15) is 0 Å². The molecular weight excluding hydrogens is 264 g/mol. The molecule has 5 nitrogen and oxygen atoms in total. The monoisotopic (exact) mass is 282 g/mol. The SMILES string of the molecule is CCOC(=O)[C@@H]1CCCN(C(=O)c2csc(C)n2)C1. The lowest BCUT2D eigenvalue weighted by atomic mass is 9.98. The van der Waals surface area contributed by atoms with Crippen LogP contribution in [0.2, 0.25) is 0 Å². The van der Waals surface area contributed by atoms with Crippen molar-refractivity contribution in [2.75, 3.05) is 19.7 Å². The molecule has 1 amide bonds. The van der Waals surface area contributed by atoms with E-state index >= 15 is 0 Å². The van der Waals surface area contributed by atoms with E-state index in [1.165, 1.54) is 11.3 Å². The minimum atomic E-state index is -0.200. The van der Waals surface area contributed by atoms with E-state index in [-0.39, 0.29) is 17.8 Å². The zero-order valence-corrected chi connectivity index (χ0v) is 12.0. The molecule has 104 valence electrons. The highest BCUT2D eigenvalue weighted by molar-refractivity contribution is 7.09. The molecule has 0 radical (unpaired) electrons. The summed E-state index contributed by atoms with van der Waals surface area (Å²) < 4.78 is 5.03. The van der Waals surface area contributed by atoms with E-state index in [1.54, 1.807) is 17.2 Å². The number of rotatable bonds is 3. The molecule has 0 spiro atoms. The normalized spacial score (nSPS) is 19.3. The second kappa shape index (κ2) is 6.14. The number of carbonyl (C=O) groups is 2. The first-order valence-corrected chi connectivity index (χ1v) is 7.37. The number of hydrogen-bond acceptors (Lipinski definition) is 5. The van der Waals surface area contributed by atoms with E-state index in [0.717, 1.165) is 17.8 Å². The third-order valence-corrected chi connectivity index (χ3v) is 3.94. The number of likely N-dealkylation sites (tertiary alicyclic amines) is 1. The molecule has 1 atom stereocenters. The molecule has 1 fully saturated rings. The summed E-state index contributed by atoms with van der Waals surface area (Å²) in [5, 5.41) is 2.65. The first-order chi connectivity index (χ1) is 9.11. The average Bonchev–Trinajstić information content (AvgIpc) is 2.85. The molecule has 1 aliphatic heterocycles. The highest BCUT2D eigenvalue weighted by atomic mass is 32.1. The Morgan fingerprint density at radius 3 is 3.00 bits per heavy atom. The van der Waals surface area contributed by atoms with Crippen LogP contribution in [0.1, 0.15) is 35.3 Å². The van der Waals surface area contributed by atoms with E-state index in [1.807, 2.05) is 6.92 Å². The fraction of sp³-hybridized carbons (Fsp3) is 0.615. The predicted molar refractivity (Wildman–Crippen MR) is 72.1 cm³/mol. The van der Waals surface area contributed by atoms with Gasteiger partial charge in [-0.25, -0.2) is 4.98 Å². The van der Waals surface area contributed by atoms with Gasteiger partial charge in [0.05, 0.1) is 17.5 Å². The third-order valence-electron chi connectivity index (χ3n) is 3.17. The minimum absolute atomic E-state index is 0.0849. The van der Waals surface area contributed by atoms with Crippen LogP contribution >= 0.6 is 11.3 Å². The molecule has 0 bridgehead atoms. The van der Waals surface area contributed by atoms with Crippen molar-refractivity contribution < 1.29 is 14.3 Å². The van der Waals surface area contributed by atoms with Crippen molar-refractivity contribution in [1.82, 2.24) is 9.88 Å². The maximum atomic E-state index is 12.3. The first-order valence-electron chi connectivity index (χ1n) is 6.50. The van der Waals surface area contributed by atoms with Crippen LogP contribution in [-0.2, 0) is 9.53 Å². The highest BCUT2D eigenvalue weighted by Gasteiger charge is 2.30. The second-order valence-electron chi connectivity index (χ2n) is 4.59. The number of nitrogens with zero attached hydrogens (tertiary/aromatic N) is 2.